The van der Waals surface area contributed by atoms with E-state index in [0.717, 1.165) is 12.1 Å². The lowest BCUT2D eigenvalue weighted by atomic mass is 10.1. The molecule has 2 heterocycles. The van der Waals surface area contributed by atoms with Crippen molar-refractivity contribution in [1.29, 1.82) is 0 Å². The summed E-state index contributed by atoms with van der Waals surface area (Å²) >= 11 is 6.01. The normalized spacial score (nSPS) is 19.1. The van der Waals surface area contributed by atoms with Crippen LogP contribution in [0.5, 0.6) is 0 Å². The van der Waals surface area contributed by atoms with Gasteiger partial charge in [0.1, 0.15) is 0 Å². The van der Waals surface area contributed by atoms with Crippen LogP contribution in [0.25, 0.3) is 0 Å². The third-order valence-electron chi connectivity index (χ3n) is 5.64. The maximum absolute atomic E-state index is 13.4. The van der Waals surface area contributed by atoms with Gasteiger partial charge < -0.3 is 14.7 Å². The van der Waals surface area contributed by atoms with Crippen LogP contribution in [-0.2, 0) is 9.59 Å². The van der Waals surface area contributed by atoms with E-state index in [1.54, 1.807) is 34.1 Å². The number of halogens is 3. The van der Waals surface area contributed by atoms with Gasteiger partial charge in [-0.1, -0.05) is 17.7 Å². The van der Waals surface area contributed by atoms with E-state index in [-0.39, 0.29) is 43.4 Å². The number of carbonyl (C=O) groups excluding carboxylic acids is 3. The summed E-state index contributed by atoms with van der Waals surface area (Å²) in [5.74, 6) is -3.21. The van der Waals surface area contributed by atoms with Crippen molar-refractivity contribution in [1.82, 2.24) is 9.80 Å². The number of anilines is 1. The number of nitrogens with zero attached hydrogens (tertiary/aromatic N) is 3. The quantitative estimate of drug-likeness (QED) is 0.727. The Morgan fingerprint density at radius 1 is 0.935 bits per heavy atom. The van der Waals surface area contributed by atoms with Crippen LogP contribution in [0, 0.1) is 17.6 Å². The van der Waals surface area contributed by atoms with Crippen molar-refractivity contribution in [3.8, 4) is 0 Å². The molecule has 1 atom stereocenters. The fourth-order valence-electron chi connectivity index (χ4n) is 3.97. The minimum atomic E-state index is -1.07. The number of hydrogen-bond acceptors (Lipinski definition) is 3. The van der Waals surface area contributed by atoms with E-state index in [9.17, 15) is 23.2 Å². The number of amides is 3. The Morgan fingerprint density at radius 2 is 1.65 bits per heavy atom. The van der Waals surface area contributed by atoms with Crippen molar-refractivity contribution in [3.63, 3.8) is 0 Å². The lowest BCUT2D eigenvalue weighted by Crippen LogP contribution is -2.52. The summed E-state index contributed by atoms with van der Waals surface area (Å²) in [6.45, 7) is 1.47. The fraction of sp³-hybridized carbons (Fsp3) is 0.318. The molecule has 9 heteroatoms. The van der Waals surface area contributed by atoms with Crippen LogP contribution in [0.3, 0.4) is 0 Å². The van der Waals surface area contributed by atoms with Crippen molar-refractivity contribution in [2.45, 2.75) is 6.42 Å². The summed E-state index contributed by atoms with van der Waals surface area (Å²) in [6.07, 6.45) is 0.124. The molecule has 1 unspecified atom stereocenters. The molecule has 2 aromatic rings. The van der Waals surface area contributed by atoms with Gasteiger partial charge in [-0.05, 0) is 36.4 Å². The van der Waals surface area contributed by atoms with Gasteiger partial charge in [0.15, 0.2) is 11.6 Å². The molecule has 162 valence electrons. The van der Waals surface area contributed by atoms with Gasteiger partial charge in [0.25, 0.3) is 5.91 Å². The van der Waals surface area contributed by atoms with E-state index >= 15 is 0 Å². The molecule has 0 aliphatic carbocycles. The minimum Gasteiger partial charge on any atom is -0.339 e. The molecule has 2 aliphatic rings. The molecule has 31 heavy (non-hydrogen) atoms. The Balaban J connectivity index is 1.35. The van der Waals surface area contributed by atoms with E-state index in [1.165, 1.54) is 11.0 Å². The Labute approximate surface area is 183 Å². The predicted octanol–water partition coefficient (Wildman–Crippen LogP) is 2.96. The predicted molar refractivity (Wildman–Crippen MR) is 111 cm³/mol. The highest BCUT2D eigenvalue weighted by Crippen LogP contribution is 2.28. The summed E-state index contributed by atoms with van der Waals surface area (Å²) in [5.41, 5.74) is 0.729. The number of piperazine rings is 1. The molecular formula is C22H20ClF2N3O3. The number of rotatable bonds is 3. The molecular weight excluding hydrogens is 428 g/mol. The molecule has 0 aromatic heterocycles. The first-order chi connectivity index (χ1) is 14.8. The molecule has 2 fully saturated rings. The topological polar surface area (TPSA) is 60.9 Å². The van der Waals surface area contributed by atoms with Crippen LogP contribution in [-0.4, -0.2) is 60.2 Å². The van der Waals surface area contributed by atoms with Gasteiger partial charge in [0.2, 0.25) is 11.8 Å². The first-order valence-electron chi connectivity index (χ1n) is 9.92. The van der Waals surface area contributed by atoms with E-state index in [4.69, 9.17) is 11.6 Å². The van der Waals surface area contributed by atoms with E-state index in [0.29, 0.717) is 23.8 Å². The summed E-state index contributed by atoms with van der Waals surface area (Å²) in [5, 5.41) is 0.516. The van der Waals surface area contributed by atoms with E-state index < -0.39 is 23.5 Å². The molecule has 0 spiro atoms. The van der Waals surface area contributed by atoms with E-state index in [1.807, 2.05) is 0 Å². The number of carbonyl (C=O) groups is 3. The molecule has 6 nitrogen and oxygen atoms in total. The molecule has 2 aromatic carbocycles. The minimum absolute atomic E-state index is 0.0669. The second-order valence-corrected chi connectivity index (χ2v) is 8.07. The molecule has 0 radical (unpaired) electrons. The van der Waals surface area contributed by atoms with Gasteiger partial charge in [0, 0.05) is 55.4 Å². The van der Waals surface area contributed by atoms with Crippen molar-refractivity contribution in [2.24, 2.45) is 5.92 Å². The molecule has 4 rings (SSSR count). The highest BCUT2D eigenvalue weighted by molar-refractivity contribution is 6.31. The van der Waals surface area contributed by atoms with Crippen LogP contribution in [0.1, 0.15) is 16.8 Å². The van der Waals surface area contributed by atoms with Gasteiger partial charge in [-0.15, -0.1) is 0 Å². The monoisotopic (exact) mass is 447 g/mol. The molecule has 2 saturated heterocycles. The zero-order chi connectivity index (χ0) is 22.1. The third-order valence-corrected chi connectivity index (χ3v) is 5.87. The lowest BCUT2D eigenvalue weighted by Gasteiger charge is -2.36. The summed E-state index contributed by atoms with van der Waals surface area (Å²) in [6, 6.07) is 9.98. The molecule has 0 bridgehead atoms. The number of hydrogen-bond donors (Lipinski definition) is 0. The maximum Gasteiger partial charge on any atom is 0.254 e. The standard InChI is InChI=1S/C22H20ClF2N3O3/c23-16-2-1-3-17(12-16)28-13-15(11-20(28)29)22(31)27-8-6-26(7-9-27)21(30)14-4-5-18(24)19(25)10-14/h1-5,10,12,15H,6-9,11,13H2. The second kappa shape index (κ2) is 8.63. The summed E-state index contributed by atoms with van der Waals surface area (Å²) < 4.78 is 26.5. The average Bonchev–Trinajstić information content (AvgIpc) is 3.16. The Kier molecular flexibility index (Phi) is 5.91. The Morgan fingerprint density at radius 3 is 2.32 bits per heavy atom. The lowest BCUT2D eigenvalue weighted by molar-refractivity contribution is -0.137. The molecule has 3 amide bonds. The summed E-state index contributed by atoms with van der Waals surface area (Å²) in [4.78, 5) is 42.6. The largest absolute Gasteiger partial charge is 0.339 e. The average molecular weight is 448 g/mol. The van der Waals surface area contributed by atoms with Crippen LogP contribution in [0.4, 0.5) is 14.5 Å². The third kappa shape index (κ3) is 4.39. The Bertz CT molecular complexity index is 1040. The Hall–Kier alpha value is -3.00. The maximum atomic E-state index is 13.4. The van der Waals surface area contributed by atoms with Crippen molar-refractivity contribution >= 4 is 35.0 Å². The molecule has 2 aliphatic heterocycles. The zero-order valence-electron chi connectivity index (χ0n) is 16.6. The van der Waals surface area contributed by atoms with Gasteiger partial charge in [-0.2, -0.15) is 0 Å². The SMILES string of the molecule is O=C(c1ccc(F)c(F)c1)N1CCN(C(=O)C2CC(=O)N(c3cccc(Cl)c3)C2)CC1. The fourth-order valence-corrected chi connectivity index (χ4v) is 4.15. The van der Waals surface area contributed by atoms with Crippen LogP contribution in [0.2, 0.25) is 5.02 Å². The summed E-state index contributed by atoms with van der Waals surface area (Å²) in [7, 11) is 0. The highest BCUT2D eigenvalue weighted by Gasteiger charge is 2.38. The highest BCUT2D eigenvalue weighted by atomic mass is 35.5. The van der Waals surface area contributed by atoms with Gasteiger partial charge in [-0.3, -0.25) is 14.4 Å². The first kappa shape index (κ1) is 21.2. The molecule has 0 saturated carbocycles. The van der Waals surface area contributed by atoms with Crippen molar-refractivity contribution < 1.29 is 23.2 Å². The number of benzene rings is 2. The van der Waals surface area contributed by atoms with Gasteiger partial charge >= 0.3 is 0 Å². The molecule has 0 N–H and O–H groups in total. The first-order valence-corrected chi connectivity index (χ1v) is 10.3. The van der Waals surface area contributed by atoms with E-state index in [2.05, 4.69) is 0 Å². The van der Waals surface area contributed by atoms with Crippen molar-refractivity contribution in [2.75, 3.05) is 37.6 Å². The second-order valence-electron chi connectivity index (χ2n) is 7.63. The van der Waals surface area contributed by atoms with Crippen LogP contribution in [0.15, 0.2) is 42.5 Å². The van der Waals surface area contributed by atoms with Crippen LogP contribution >= 0.6 is 11.6 Å². The van der Waals surface area contributed by atoms with Gasteiger partial charge in [0.05, 0.1) is 5.92 Å². The zero-order valence-corrected chi connectivity index (χ0v) is 17.3. The van der Waals surface area contributed by atoms with Crippen LogP contribution < -0.4 is 4.90 Å². The van der Waals surface area contributed by atoms with Crippen molar-refractivity contribution in [3.05, 3.63) is 64.7 Å². The smallest absolute Gasteiger partial charge is 0.254 e. The van der Waals surface area contributed by atoms with Gasteiger partial charge in [-0.25, -0.2) is 8.78 Å².